The van der Waals surface area contributed by atoms with Crippen molar-refractivity contribution in [2.24, 2.45) is 0 Å². The highest BCUT2D eigenvalue weighted by atomic mass is 35.5. The van der Waals surface area contributed by atoms with Crippen LogP contribution in [0.4, 0.5) is 5.69 Å². The molecule has 2 aromatic carbocycles. The van der Waals surface area contributed by atoms with E-state index in [1.165, 1.54) is 12.1 Å². The zero-order valence-corrected chi connectivity index (χ0v) is 15.7. The van der Waals surface area contributed by atoms with E-state index in [4.69, 9.17) is 49.2 Å². The highest BCUT2D eigenvalue weighted by Crippen LogP contribution is 2.32. The molecule has 3 aromatic rings. The number of ether oxygens (including phenoxy) is 1. The molecule has 1 N–H and O–H groups in total. The number of anilines is 1. The topological polar surface area (TPSA) is 92.3 Å². The zero-order valence-electron chi connectivity index (χ0n) is 13.4. The van der Waals surface area contributed by atoms with Crippen LogP contribution in [0.25, 0.3) is 11.0 Å². The number of halogens is 3. The zero-order chi connectivity index (χ0) is 19.6. The van der Waals surface area contributed by atoms with E-state index in [-0.39, 0.29) is 32.1 Å². The van der Waals surface area contributed by atoms with Crippen LogP contribution in [0.1, 0.15) is 16.1 Å². The van der Waals surface area contributed by atoms with Gasteiger partial charge in [0.25, 0.3) is 5.91 Å². The number of nitrogens with one attached hydrogen (secondary N) is 1. The smallest absolute Gasteiger partial charge is 0.341 e. The molecule has 0 bridgehead atoms. The molecule has 0 radical (unpaired) electrons. The molecule has 136 valence electrons. The minimum atomic E-state index is -0.903. The molecule has 0 aliphatic heterocycles. The van der Waals surface area contributed by atoms with E-state index >= 15 is 0 Å². The summed E-state index contributed by atoms with van der Waals surface area (Å²) in [4.78, 5) is 24.3. The molecule has 0 atom stereocenters. The lowest BCUT2D eigenvalue weighted by Crippen LogP contribution is -2.21. The molecule has 0 aliphatic rings. The minimum absolute atomic E-state index is 0.0439. The third-order valence-electron chi connectivity index (χ3n) is 3.54. The Morgan fingerprint density at radius 3 is 2.56 bits per heavy atom. The largest absolute Gasteiger partial charge is 0.452 e. The Labute approximate surface area is 168 Å². The van der Waals surface area contributed by atoms with E-state index in [2.05, 4.69) is 5.32 Å². The molecule has 0 spiro atoms. The van der Waals surface area contributed by atoms with Crippen LogP contribution < -0.4 is 5.32 Å². The van der Waals surface area contributed by atoms with Gasteiger partial charge in [0.05, 0.1) is 20.6 Å². The number of carbonyl (C=O) groups is 2. The minimum Gasteiger partial charge on any atom is -0.452 e. The van der Waals surface area contributed by atoms with Crippen molar-refractivity contribution in [1.82, 2.24) is 0 Å². The summed E-state index contributed by atoms with van der Waals surface area (Å²) in [6, 6.07) is 11.5. The number of amides is 1. The van der Waals surface area contributed by atoms with Crippen molar-refractivity contribution in [1.29, 1.82) is 5.26 Å². The van der Waals surface area contributed by atoms with Crippen LogP contribution >= 0.6 is 34.8 Å². The average Bonchev–Trinajstić information content (AvgIpc) is 3.01. The van der Waals surface area contributed by atoms with Gasteiger partial charge in [0.2, 0.25) is 5.76 Å². The number of furan rings is 1. The quantitative estimate of drug-likeness (QED) is 0.468. The Kier molecular flexibility index (Phi) is 5.57. The summed E-state index contributed by atoms with van der Waals surface area (Å²) in [5.74, 6) is -1.63. The summed E-state index contributed by atoms with van der Waals surface area (Å²) in [6.07, 6.45) is 0. The number of benzene rings is 2. The van der Waals surface area contributed by atoms with Crippen LogP contribution in [0.15, 0.2) is 40.8 Å². The van der Waals surface area contributed by atoms with Gasteiger partial charge in [0, 0.05) is 5.39 Å². The number of nitriles is 1. The summed E-state index contributed by atoms with van der Waals surface area (Å²) in [6.45, 7) is -0.623. The molecule has 1 amide bonds. The molecule has 0 aliphatic carbocycles. The van der Waals surface area contributed by atoms with Gasteiger partial charge in [-0.15, -0.1) is 0 Å². The third kappa shape index (κ3) is 3.86. The first-order valence-corrected chi connectivity index (χ1v) is 8.58. The SMILES string of the molecule is N#Cc1oc2ccccc2c1NC(=O)COC(=O)c1c(Cl)ccc(Cl)c1Cl. The first kappa shape index (κ1) is 19.1. The molecule has 27 heavy (non-hydrogen) atoms. The summed E-state index contributed by atoms with van der Waals surface area (Å²) < 4.78 is 10.3. The lowest BCUT2D eigenvalue weighted by Gasteiger charge is -2.09. The number of fused-ring (bicyclic) bond motifs is 1. The molecule has 9 heteroatoms. The Balaban J connectivity index is 1.74. The first-order chi connectivity index (χ1) is 12.9. The fourth-order valence-electron chi connectivity index (χ4n) is 2.34. The van der Waals surface area contributed by atoms with Crippen molar-refractivity contribution < 1.29 is 18.7 Å². The summed E-state index contributed by atoms with van der Waals surface area (Å²) in [5, 5.41) is 12.3. The molecule has 0 saturated carbocycles. The second-order valence-corrected chi connectivity index (χ2v) is 6.45. The van der Waals surface area contributed by atoms with Crippen molar-refractivity contribution >= 4 is 63.3 Å². The van der Waals surface area contributed by atoms with E-state index in [0.717, 1.165) is 0 Å². The maximum atomic E-state index is 12.2. The third-order valence-corrected chi connectivity index (χ3v) is 4.66. The number of hydrogen-bond donors (Lipinski definition) is 1. The maximum Gasteiger partial charge on any atom is 0.341 e. The summed E-state index contributed by atoms with van der Waals surface area (Å²) in [7, 11) is 0. The molecule has 3 rings (SSSR count). The van der Waals surface area contributed by atoms with Crippen LogP contribution in [-0.2, 0) is 9.53 Å². The van der Waals surface area contributed by atoms with E-state index in [9.17, 15) is 9.59 Å². The van der Waals surface area contributed by atoms with E-state index in [0.29, 0.717) is 11.0 Å². The standard InChI is InChI=1S/C18H9Cl3N2O4/c19-10-5-6-11(20)16(21)15(10)18(25)26-8-14(24)23-17-9-3-1-2-4-12(9)27-13(17)7-22/h1-6H,8H2,(H,23,24). The number of esters is 1. The van der Waals surface area contributed by atoms with Crippen molar-refractivity contribution in [3.8, 4) is 6.07 Å². The Hall–Kier alpha value is -2.72. The van der Waals surface area contributed by atoms with Gasteiger partial charge >= 0.3 is 5.97 Å². The molecule has 1 aromatic heterocycles. The van der Waals surface area contributed by atoms with E-state index in [1.807, 2.05) is 6.07 Å². The molecular formula is C18H9Cl3N2O4. The molecule has 6 nitrogen and oxygen atoms in total. The average molecular weight is 424 g/mol. The number of carbonyl (C=O) groups excluding carboxylic acids is 2. The Bertz CT molecular complexity index is 1100. The second kappa shape index (κ2) is 7.89. The van der Waals surface area contributed by atoms with Gasteiger partial charge in [-0.05, 0) is 24.3 Å². The second-order valence-electron chi connectivity index (χ2n) is 5.26. The maximum absolute atomic E-state index is 12.2. The fourth-order valence-corrected chi connectivity index (χ4v) is 3.02. The van der Waals surface area contributed by atoms with Crippen LogP contribution in [0.2, 0.25) is 15.1 Å². The summed E-state index contributed by atoms with van der Waals surface area (Å²) in [5.41, 5.74) is 0.511. The van der Waals surface area contributed by atoms with Crippen LogP contribution in [0, 0.1) is 11.3 Å². The van der Waals surface area contributed by atoms with Gasteiger partial charge < -0.3 is 14.5 Å². The van der Waals surface area contributed by atoms with Gasteiger partial charge in [-0.3, -0.25) is 4.79 Å². The number of para-hydroxylation sites is 1. The van der Waals surface area contributed by atoms with Crippen LogP contribution in [0.5, 0.6) is 0 Å². The molecule has 1 heterocycles. The highest BCUT2D eigenvalue weighted by molar-refractivity contribution is 6.46. The Morgan fingerprint density at radius 1 is 1.11 bits per heavy atom. The van der Waals surface area contributed by atoms with Crippen molar-refractivity contribution in [3.63, 3.8) is 0 Å². The monoisotopic (exact) mass is 422 g/mol. The van der Waals surface area contributed by atoms with Crippen molar-refractivity contribution in [2.45, 2.75) is 0 Å². The lowest BCUT2D eigenvalue weighted by atomic mass is 10.2. The van der Waals surface area contributed by atoms with Gasteiger partial charge in [0.1, 0.15) is 17.3 Å². The Morgan fingerprint density at radius 2 is 1.81 bits per heavy atom. The van der Waals surface area contributed by atoms with Gasteiger partial charge in [0.15, 0.2) is 6.61 Å². The van der Waals surface area contributed by atoms with Crippen LogP contribution in [0.3, 0.4) is 0 Å². The van der Waals surface area contributed by atoms with E-state index < -0.39 is 18.5 Å². The predicted octanol–water partition coefficient (Wildman–Crippen LogP) is 5.06. The predicted molar refractivity (Wildman–Crippen MR) is 101 cm³/mol. The molecule has 0 unspecified atom stereocenters. The lowest BCUT2D eigenvalue weighted by molar-refractivity contribution is -0.119. The highest BCUT2D eigenvalue weighted by Gasteiger charge is 2.21. The van der Waals surface area contributed by atoms with Gasteiger partial charge in [-0.25, -0.2) is 4.79 Å². The van der Waals surface area contributed by atoms with Gasteiger partial charge in [-0.2, -0.15) is 5.26 Å². The van der Waals surface area contributed by atoms with Gasteiger partial charge in [-0.1, -0.05) is 46.9 Å². The molecular weight excluding hydrogens is 415 g/mol. The van der Waals surface area contributed by atoms with E-state index in [1.54, 1.807) is 24.3 Å². The number of nitrogens with zero attached hydrogens (tertiary/aromatic N) is 1. The van der Waals surface area contributed by atoms with Crippen molar-refractivity contribution in [3.05, 3.63) is 62.8 Å². The fraction of sp³-hybridized carbons (Fsp3) is 0.0556. The normalized spacial score (nSPS) is 10.4. The molecule has 0 saturated heterocycles. The number of rotatable bonds is 4. The number of hydrogen-bond acceptors (Lipinski definition) is 5. The first-order valence-electron chi connectivity index (χ1n) is 7.44. The summed E-state index contributed by atoms with van der Waals surface area (Å²) >= 11 is 17.8. The molecule has 0 fully saturated rings. The van der Waals surface area contributed by atoms with Crippen molar-refractivity contribution in [2.75, 3.05) is 11.9 Å². The van der Waals surface area contributed by atoms with Crippen LogP contribution in [-0.4, -0.2) is 18.5 Å².